The molecule has 0 amide bonds. The molecule has 0 bridgehead atoms. The van der Waals surface area contributed by atoms with E-state index in [4.69, 9.17) is 15.0 Å². The van der Waals surface area contributed by atoms with Crippen LogP contribution in [0.5, 0.6) is 0 Å². The second kappa shape index (κ2) is 6.00. The first-order valence-corrected chi connectivity index (χ1v) is 8.80. The molecule has 0 atom stereocenters. The smallest absolute Gasteiger partial charge is 0.228 e. The zero-order chi connectivity index (χ0) is 16.7. The first-order valence-electron chi connectivity index (χ1n) is 8.80. The van der Waals surface area contributed by atoms with E-state index < -0.39 is 0 Å². The molecule has 4 rings (SSSR count). The van der Waals surface area contributed by atoms with E-state index in [0.29, 0.717) is 5.92 Å². The van der Waals surface area contributed by atoms with Crippen LogP contribution in [0, 0.1) is 5.92 Å². The SMILES string of the molecule is CNc1nc(N2Cc3cnc(CC(C)C)nc3C2)nc2c1CCC2. The fourth-order valence-electron chi connectivity index (χ4n) is 3.57. The van der Waals surface area contributed by atoms with Crippen LogP contribution in [0.25, 0.3) is 0 Å². The molecule has 2 aromatic rings. The molecule has 0 fully saturated rings. The summed E-state index contributed by atoms with van der Waals surface area (Å²) in [6.07, 6.45) is 6.21. The fraction of sp³-hybridized carbons (Fsp3) is 0.556. The van der Waals surface area contributed by atoms with Crippen LogP contribution in [0.4, 0.5) is 11.8 Å². The van der Waals surface area contributed by atoms with Crippen molar-refractivity contribution >= 4 is 11.8 Å². The molecule has 3 heterocycles. The van der Waals surface area contributed by atoms with Crippen LogP contribution in [-0.4, -0.2) is 27.0 Å². The van der Waals surface area contributed by atoms with Crippen LogP contribution < -0.4 is 10.2 Å². The fourth-order valence-corrected chi connectivity index (χ4v) is 3.57. The van der Waals surface area contributed by atoms with Gasteiger partial charge in [0.25, 0.3) is 0 Å². The number of anilines is 2. The zero-order valence-corrected chi connectivity index (χ0v) is 14.6. The molecule has 1 N–H and O–H groups in total. The third kappa shape index (κ3) is 2.70. The van der Waals surface area contributed by atoms with Crippen LogP contribution >= 0.6 is 0 Å². The molecule has 2 aliphatic rings. The molecule has 6 nitrogen and oxygen atoms in total. The summed E-state index contributed by atoms with van der Waals surface area (Å²) in [7, 11) is 1.94. The van der Waals surface area contributed by atoms with Gasteiger partial charge in [0.1, 0.15) is 11.6 Å². The highest BCUT2D eigenvalue weighted by Crippen LogP contribution is 2.31. The number of nitrogens with zero attached hydrogens (tertiary/aromatic N) is 5. The summed E-state index contributed by atoms with van der Waals surface area (Å²) >= 11 is 0. The molecule has 6 heteroatoms. The number of aromatic nitrogens is 4. The van der Waals surface area contributed by atoms with Crippen LogP contribution in [0.3, 0.4) is 0 Å². The maximum absolute atomic E-state index is 4.82. The van der Waals surface area contributed by atoms with Crippen LogP contribution in [0.2, 0.25) is 0 Å². The Hall–Kier alpha value is -2.24. The Balaban J connectivity index is 1.61. The third-order valence-corrected chi connectivity index (χ3v) is 4.74. The molecule has 126 valence electrons. The predicted octanol–water partition coefficient (Wildman–Crippen LogP) is 2.52. The summed E-state index contributed by atoms with van der Waals surface area (Å²) in [5, 5.41) is 3.24. The molecule has 0 unspecified atom stereocenters. The quantitative estimate of drug-likeness (QED) is 0.932. The van der Waals surface area contributed by atoms with Gasteiger partial charge in [-0.05, 0) is 25.2 Å². The van der Waals surface area contributed by atoms with Gasteiger partial charge in [-0.15, -0.1) is 0 Å². The van der Waals surface area contributed by atoms with E-state index >= 15 is 0 Å². The Labute approximate surface area is 142 Å². The van der Waals surface area contributed by atoms with Gasteiger partial charge in [0.15, 0.2) is 0 Å². The largest absolute Gasteiger partial charge is 0.373 e. The normalized spacial score (nSPS) is 15.8. The molecule has 0 saturated carbocycles. The van der Waals surface area contributed by atoms with E-state index in [1.54, 1.807) is 0 Å². The molecule has 1 aliphatic carbocycles. The summed E-state index contributed by atoms with van der Waals surface area (Å²) < 4.78 is 0. The zero-order valence-electron chi connectivity index (χ0n) is 14.6. The number of aryl methyl sites for hydroxylation is 1. The van der Waals surface area contributed by atoms with Gasteiger partial charge in [0.05, 0.1) is 17.9 Å². The third-order valence-electron chi connectivity index (χ3n) is 4.74. The van der Waals surface area contributed by atoms with E-state index in [1.807, 2.05) is 13.2 Å². The van der Waals surface area contributed by atoms with Gasteiger partial charge in [0.2, 0.25) is 5.95 Å². The van der Waals surface area contributed by atoms with Gasteiger partial charge in [-0.25, -0.2) is 15.0 Å². The van der Waals surface area contributed by atoms with Crippen molar-refractivity contribution in [3.8, 4) is 0 Å². The Morgan fingerprint density at radius 2 is 2.00 bits per heavy atom. The molecule has 2 aromatic heterocycles. The Morgan fingerprint density at radius 3 is 2.79 bits per heavy atom. The van der Waals surface area contributed by atoms with E-state index in [-0.39, 0.29) is 0 Å². The Morgan fingerprint density at radius 1 is 1.12 bits per heavy atom. The molecule has 0 spiro atoms. The van der Waals surface area contributed by atoms with Crippen molar-refractivity contribution in [1.82, 2.24) is 19.9 Å². The van der Waals surface area contributed by atoms with Crippen LogP contribution in [0.15, 0.2) is 6.20 Å². The lowest BCUT2D eigenvalue weighted by Crippen LogP contribution is -2.19. The lowest BCUT2D eigenvalue weighted by Gasteiger charge is -2.17. The van der Waals surface area contributed by atoms with Crippen molar-refractivity contribution in [2.24, 2.45) is 5.92 Å². The van der Waals surface area contributed by atoms with Gasteiger partial charge in [-0.1, -0.05) is 13.8 Å². The van der Waals surface area contributed by atoms with Crippen molar-refractivity contribution in [3.63, 3.8) is 0 Å². The molecule has 0 aromatic carbocycles. The summed E-state index contributed by atoms with van der Waals surface area (Å²) in [5.41, 5.74) is 4.80. The number of fused-ring (bicyclic) bond motifs is 2. The monoisotopic (exact) mass is 324 g/mol. The number of hydrogen-bond acceptors (Lipinski definition) is 6. The Bertz CT molecular complexity index is 770. The topological polar surface area (TPSA) is 66.8 Å². The number of hydrogen-bond donors (Lipinski definition) is 1. The average molecular weight is 324 g/mol. The number of rotatable bonds is 4. The number of nitrogens with one attached hydrogen (secondary N) is 1. The van der Waals surface area contributed by atoms with E-state index in [0.717, 1.165) is 55.6 Å². The first kappa shape index (κ1) is 15.3. The van der Waals surface area contributed by atoms with E-state index in [9.17, 15) is 0 Å². The summed E-state index contributed by atoms with van der Waals surface area (Å²) in [6, 6.07) is 0. The standard InChI is InChI=1S/C18H24N6/c1-11(2)7-16-20-8-12-9-24(10-15(12)21-16)18-22-14-6-4-5-13(14)17(19-3)23-18/h8,11H,4-7,9-10H2,1-3H3,(H,19,22,23). The van der Waals surface area contributed by atoms with Gasteiger partial charge < -0.3 is 10.2 Å². The average Bonchev–Trinajstić information content (AvgIpc) is 3.19. The van der Waals surface area contributed by atoms with Gasteiger partial charge in [0, 0.05) is 37.3 Å². The highest BCUT2D eigenvalue weighted by molar-refractivity contribution is 5.53. The summed E-state index contributed by atoms with van der Waals surface area (Å²) in [4.78, 5) is 21.1. The van der Waals surface area contributed by atoms with Gasteiger partial charge in [-0.2, -0.15) is 4.98 Å². The summed E-state index contributed by atoms with van der Waals surface area (Å²) in [6.45, 7) is 5.95. The lowest BCUT2D eigenvalue weighted by molar-refractivity contribution is 0.617. The van der Waals surface area contributed by atoms with Gasteiger partial charge in [-0.3, -0.25) is 0 Å². The molecule has 24 heavy (non-hydrogen) atoms. The van der Waals surface area contributed by atoms with Crippen molar-refractivity contribution < 1.29 is 0 Å². The van der Waals surface area contributed by atoms with Crippen molar-refractivity contribution in [1.29, 1.82) is 0 Å². The second-order valence-corrected chi connectivity index (χ2v) is 7.11. The minimum Gasteiger partial charge on any atom is -0.373 e. The molecular formula is C18H24N6. The van der Waals surface area contributed by atoms with Crippen LogP contribution in [-0.2, 0) is 32.4 Å². The minimum absolute atomic E-state index is 0.568. The highest BCUT2D eigenvalue weighted by atomic mass is 15.3. The lowest BCUT2D eigenvalue weighted by atomic mass is 10.1. The molecule has 0 saturated heterocycles. The van der Waals surface area contributed by atoms with Crippen molar-refractivity contribution in [3.05, 3.63) is 34.5 Å². The molecule has 1 aliphatic heterocycles. The van der Waals surface area contributed by atoms with E-state index in [2.05, 4.69) is 29.0 Å². The maximum Gasteiger partial charge on any atom is 0.228 e. The molecular weight excluding hydrogens is 300 g/mol. The van der Waals surface area contributed by atoms with Crippen LogP contribution in [0.1, 0.15) is 48.6 Å². The predicted molar refractivity (Wildman–Crippen MR) is 94.1 cm³/mol. The Kier molecular flexibility index (Phi) is 3.82. The highest BCUT2D eigenvalue weighted by Gasteiger charge is 2.26. The van der Waals surface area contributed by atoms with E-state index in [1.165, 1.54) is 23.2 Å². The second-order valence-electron chi connectivity index (χ2n) is 7.11. The maximum atomic E-state index is 4.82. The minimum atomic E-state index is 0.568. The van der Waals surface area contributed by atoms with Crippen molar-refractivity contribution in [2.45, 2.75) is 52.6 Å². The summed E-state index contributed by atoms with van der Waals surface area (Å²) in [5.74, 6) is 3.30. The van der Waals surface area contributed by atoms with Gasteiger partial charge >= 0.3 is 0 Å². The molecule has 0 radical (unpaired) electrons. The first-order chi connectivity index (χ1) is 11.6. The van der Waals surface area contributed by atoms with Crippen molar-refractivity contribution in [2.75, 3.05) is 17.3 Å².